The van der Waals surface area contributed by atoms with Gasteiger partial charge in [-0.1, -0.05) is 12.1 Å². The van der Waals surface area contributed by atoms with Gasteiger partial charge in [-0.05, 0) is 54.6 Å². The van der Waals surface area contributed by atoms with Crippen LogP contribution in [0, 0.1) is 5.82 Å². The molecule has 4 amide bonds. The van der Waals surface area contributed by atoms with Gasteiger partial charge in [-0.3, -0.25) is 14.9 Å². The van der Waals surface area contributed by atoms with E-state index in [0.717, 1.165) is 12.1 Å². The largest absolute Gasteiger partial charge is 0.478 e. The predicted octanol–water partition coefficient (Wildman–Crippen LogP) is 3.45. The van der Waals surface area contributed by atoms with Crippen molar-refractivity contribution in [3.05, 3.63) is 83.4 Å². The molecule has 8 nitrogen and oxygen atoms in total. The molecule has 0 saturated carbocycles. The molecule has 1 aliphatic rings. The molecule has 0 aliphatic carbocycles. The van der Waals surface area contributed by atoms with Crippen molar-refractivity contribution in [3.63, 3.8) is 0 Å². The molecule has 0 unspecified atom stereocenters. The molecule has 1 fully saturated rings. The molecule has 0 bridgehead atoms. The monoisotopic (exact) mass is 420 g/mol. The number of carboxylic acid groups (broad SMARTS) is 1. The SMILES string of the molecule is O=C1NC(=O)N(c2ccc(F)cc2)C(=O)C1=Cc1ccc(-c2cccc(C(=O)O)c2)o1. The number of halogens is 1. The van der Waals surface area contributed by atoms with E-state index in [4.69, 9.17) is 9.52 Å². The van der Waals surface area contributed by atoms with Crippen LogP contribution in [0.1, 0.15) is 16.1 Å². The summed E-state index contributed by atoms with van der Waals surface area (Å²) in [4.78, 5) is 49.1. The van der Waals surface area contributed by atoms with Crippen LogP contribution in [-0.4, -0.2) is 28.9 Å². The number of carbonyl (C=O) groups is 4. The molecule has 0 spiro atoms. The zero-order valence-electron chi connectivity index (χ0n) is 15.7. The van der Waals surface area contributed by atoms with Crippen LogP contribution in [0.3, 0.4) is 0 Å². The van der Waals surface area contributed by atoms with Gasteiger partial charge in [0.05, 0.1) is 11.3 Å². The van der Waals surface area contributed by atoms with E-state index in [1.165, 1.54) is 36.4 Å². The lowest BCUT2D eigenvalue weighted by Crippen LogP contribution is -2.54. The van der Waals surface area contributed by atoms with Crippen LogP contribution < -0.4 is 10.2 Å². The molecule has 0 atom stereocenters. The Bertz CT molecular complexity index is 1260. The lowest BCUT2D eigenvalue weighted by molar-refractivity contribution is -0.122. The fourth-order valence-electron chi connectivity index (χ4n) is 3.02. The smallest absolute Gasteiger partial charge is 0.335 e. The number of carbonyl (C=O) groups excluding carboxylic acids is 3. The van der Waals surface area contributed by atoms with E-state index in [2.05, 4.69) is 5.32 Å². The zero-order valence-corrected chi connectivity index (χ0v) is 15.7. The summed E-state index contributed by atoms with van der Waals surface area (Å²) in [7, 11) is 0. The highest BCUT2D eigenvalue weighted by Gasteiger charge is 2.37. The van der Waals surface area contributed by atoms with Crippen LogP contribution in [0.15, 0.2) is 70.7 Å². The maximum Gasteiger partial charge on any atom is 0.335 e. The first-order chi connectivity index (χ1) is 14.8. The number of rotatable bonds is 4. The highest BCUT2D eigenvalue weighted by Crippen LogP contribution is 2.26. The molecule has 2 heterocycles. The van der Waals surface area contributed by atoms with Crippen LogP contribution in [-0.2, 0) is 9.59 Å². The third kappa shape index (κ3) is 3.84. The fraction of sp³-hybridized carbons (Fsp3) is 0. The lowest BCUT2D eigenvalue weighted by Gasteiger charge is -2.26. The first kappa shape index (κ1) is 19.8. The summed E-state index contributed by atoms with van der Waals surface area (Å²) >= 11 is 0. The first-order valence-electron chi connectivity index (χ1n) is 8.94. The van der Waals surface area contributed by atoms with E-state index < -0.39 is 29.6 Å². The number of anilines is 1. The Morgan fingerprint density at radius 3 is 2.48 bits per heavy atom. The standard InChI is InChI=1S/C22H13FN2O6/c23-14-4-6-15(7-5-14)25-20(27)17(19(26)24-22(25)30)11-16-8-9-18(31-16)12-2-1-3-13(10-12)21(28)29/h1-11H,(H,28,29)(H,24,26,30). The first-order valence-corrected chi connectivity index (χ1v) is 8.94. The summed E-state index contributed by atoms with van der Waals surface area (Å²) in [5.41, 5.74) is 0.299. The minimum atomic E-state index is -1.09. The van der Waals surface area contributed by atoms with E-state index in [-0.39, 0.29) is 22.6 Å². The molecule has 2 aromatic carbocycles. The molecule has 1 saturated heterocycles. The number of nitrogens with one attached hydrogen (secondary N) is 1. The average molecular weight is 420 g/mol. The molecule has 9 heteroatoms. The van der Waals surface area contributed by atoms with Crippen LogP contribution in [0.2, 0.25) is 0 Å². The minimum absolute atomic E-state index is 0.0732. The average Bonchev–Trinajstić information content (AvgIpc) is 3.21. The second-order valence-corrected chi connectivity index (χ2v) is 6.52. The van der Waals surface area contributed by atoms with Crippen LogP contribution in [0.25, 0.3) is 17.4 Å². The summed E-state index contributed by atoms with van der Waals surface area (Å²) in [6.07, 6.45) is 1.17. The van der Waals surface area contributed by atoms with Gasteiger partial charge >= 0.3 is 12.0 Å². The van der Waals surface area contributed by atoms with Crippen molar-refractivity contribution in [2.45, 2.75) is 0 Å². The van der Waals surface area contributed by atoms with E-state index in [0.29, 0.717) is 16.2 Å². The van der Waals surface area contributed by atoms with Crippen molar-refractivity contribution in [1.29, 1.82) is 0 Å². The minimum Gasteiger partial charge on any atom is -0.478 e. The maximum atomic E-state index is 13.2. The second kappa shape index (κ2) is 7.71. The van der Waals surface area contributed by atoms with Gasteiger partial charge in [-0.2, -0.15) is 0 Å². The van der Waals surface area contributed by atoms with E-state index in [1.807, 2.05) is 0 Å². The Morgan fingerprint density at radius 1 is 1.03 bits per heavy atom. The van der Waals surface area contributed by atoms with Gasteiger partial charge in [0.2, 0.25) is 0 Å². The van der Waals surface area contributed by atoms with Gasteiger partial charge in [0.25, 0.3) is 11.8 Å². The van der Waals surface area contributed by atoms with Crippen LogP contribution in [0.5, 0.6) is 0 Å². The number of benzene rings is 2. The highest BCUT2D eigenvalue weighted by molar-refractivity contribution is 6.39. The Balaban J connectivity index is 1.66. The number of urea groups is 1. The molecule has 3 aromatic rings. The summed E-state index contributed by atoms with van der Waals surface area (Å²) in [5, 5.41) is 11.2. The Labute approximate surface area is 174 Å². The van der Waals surface area contributed by atoms with E-state index in [9.17, 15) is 23.6 Å². The molecule has 1 aromatic heterocycles. The topological polar surface area (TPSA) is 117 Å². The van der Waals surface area contributed by atoms with Crippen molar-refractivity contribution in [1.82, 2.24) is 5.32 Å². The summed E-state index contributed by atoms with van der Waals surface area (Å²) in [5.74, 6) is -2.97. The van der Waals surface area contributed by atoms with Crippen molar-refractivity contribution in [2.75, 3.05) is 4.90 Å². The maximum absolute atomic E-state index is 13.2. The quantitative estimate of drug-likeness (QED) is 0.493. The fourth-order valence-corrected chi connectivity index (χ4v) is 3.02. The molecule has 2 N–H and O–H groups in total. The number of barbiturate groups is 1. The van der Waals surface area contributed by atoms with Crippen LogP contribution in [0.4, 0.5) is 14.9 Å². The predicted molar refractivity (Wildman–Crippen MR) is 107 cm³/mol. The number of nitrogens with zero attached hydrogens (tertiary/aromatic N) is 1. The Kier molecular flexibility index (Phi) is 4.92. The third-order valence-electron chi connectivity index (χ3n) is 4.49. The molecular formula is C22H13FN2O6. The van der Waals surface area contributed by atoms with Crippen molar-refractivity contribution >= 4 is 35.6 Å². The number of carboxylic acids is 1. The summed E-state index contributed by atoms with van der Waals surface area (Å²) in [6, 6.07) is 12.8. The van der Waals surface area contributed by atoms with Gasteiger partial charge in [0.15, 0.2) is 0 Å². The van der Waals surface area contributed by atoms with E-state index in [1.54, 1.807) is 18.2 Å². The third-order valence-corrected chi connectivity index (χ3v) is 4.49. The molecular weight excluding hydrogens is 407 g/mol. The highest BCUT2D eigenvalue weighted by atomic mass is 19.1. The van der Waals surface area contributed by atoms with Crippen molar-refractivity contribution in [2.24, 2.45) is 0 Å². The Hall–Kier alpha value is -4.53. The van der Waals surface area contributed by atoms with Crippen molar-refractivity contribution < 1.29 is 33.1 Å². The summed E-state index contributed by atoms with van der Waals surface area (Å²) in [6.45, 7) is 0. The lowest BCUT2D eigenvalue weighted by atomic mass is 10.1. The number of amides is 4. The van der Waals surface area contributed by atoms with Crippen molar-refractivity contribution in [3.8, 4) is 11.3 Å². The molecule has 31 heavy (non-hydrogen) atoms. The number of imide groups is 2. The number of hydrogen-bond donors (Lipinski definition) is 2. The van der Waals surface area contributed by atoms with Gasteiger partial charge in [0, 0.05) is 5.56 Å². The van der Waals surface area contributed by atoms with Gasteiger partial charge in [-0.15, -0.1) is 0 Å². The second-order valence-electron chi connectivity index (χ2n) is 6.52. The normalized spacial score (nSPS) is 15.3. The Morgan fingerprint density at radius 2 is 1.77 bits per heavy atom. The molecule has 1 aliphatic heterocycles. The number of aromatic carboxylic acids is 1. The van der Waals surface area contributed by atoms with Crippen LogP contribution >= 0.6 is 0 Å². The molecule has 0 radical (unpaired) electrons. The zero-order chi connectivity index (χ0) is 22.1. The van der Waals surface area contributed by atoms with Gasteiger partial charge in [-0.25, -0.2) is 18.9 Å². The van der Waals surface area contributed by atoms with Gasteiger partial charge < -0.3 is 9.52 Å². The molecule has 4 rings (SSSR count). The summed E-state index contributed by atoms with van der Waals surface area (Å²) < 4.78 is 18.8. The number of furan rings is 1. The molecule has 154 valence electrons. The number of hydrogen-bond acceptors (Lipinski definition) is 5. The van der Waals surface area contributed by atoms with Gasteiger partial charge in [0.1, 0.15) is 22.9 Å². The van der Waals surface area contributed by atoms with E-state index >= 15 is 0 Å².